The Morgan fingerprint density at radius 2 is 1.27 bits per heavy atom. The zero-order valence-electron chi connectivity index (χ0n) is 25.2. The van der Waals surface area contributed by atoms with Crippen LogP contribution in [0.3, 0.4) is 0 Å². The Labute approximate surface area is 254 Å². The molecule has 0 fully saturated rings. The second kappa shape index (κ2) is 22.9. The minimum absolute atomic E-state index is 0.103. The first-order valence-corrected chi connectivity index (χ1v) is 14.5. The summed E-state index contributed by atoms with van der Waals surface area (Å²) in [6.45, 7) is 5.50. The van der Waals surface area contributed by atoms with Gasteiger partial charge in [0.15, 0.2) is 0 Å². The normalized spacial score (nSPS) is 8.80. The van der Waals surface area contributed by atoms with Gasteiger partial charge in [0, 0.05) is 39.9 Å². The highest BCUT2D eigenvalue weighted by atomic mass is 35.5. The van der Waals surface area contributed by atoms with Crippen molar-refractivity contribution in [1.29, 1.82) is 0 Å². The van der Waals surface area contributed by atoms with E-state index in [9.17, 15) is 4.79 Å². The monoisotopic (exact) mass is 593 g/mol. The molecule has 0 aliphatic rings. The first kappa shape index (κ1) is 37.2. The van der Waals surface area contributed by atoms with Crippen LogP contribution in [-0.4, -0.2) is 45.5 Å². The molecule has 3 aromatic carbocycles. The van der Waals surface area contributed by atoms with Gasteiger partial charge in [0.25, 0.3) is 0 Å². The fourth-order valence-corrected chi connectivity index (χ4v) is 3.92. The molecule has 2 radical (unpaired) electrons. The maximum Gasteiger partial charge on any atom is 0.307 e. The summed E-state index contributed by atoms with van der Waals surface area (Å²) in [5, 5.41) is 7.79. The van der Waals surface area contributed by atoms with Crippen LogP contribution in [-0.2, 0) is 21.1 Å². The minimum atomic E-state index is 0.103. The summed E-state index contributed by atoms with van der Waals surface area (Å²) in [6, 6.07) is 29.3. The molecule has 7 nitrogen and oxygen atoms in total. The van der Waals surface area contributed by atoms with Crippen molar-refractivity contribution in [3.63, 3.8) is 0 Å². The molecular weight excluding hydrogens is 553 g/mol. The minimum Gasteiger partial charge on any atom is -0.497 e. The number of aryl methyl sites for hydroxylation is 3. The lowest BCUT2D eigenvalue weighted by atomic mass is 10.2. The lowest BCUT2D eigenvalue weighted by Crippen LogP contribution is -2.06. The van der Waals surface area contributed by atoms with Gasteiger partial charge in [-0.2, -0.15) is 0 Å². The molecule has 0 aliphatic carbocycles. The van der Waals surface area contributed by atoms with Gasteiger partial charge in [-0.15, -0.1) is 16.7 Å². The Bertz CT molecular complexity index is 1500. The van der Waals surface area contributed by atoms with Crippen LogP contribution in [0.25, 0.3) is 21.3 Å². The SMILES string of the molecule is CC.CCl.COc1ccccc1.Cn1c(=O)sc2ccccc21.Cn1cccc1.Cn1nnc2ccccc21.[B]C. The summed E-state index contributed by atoms with van der Waals surface area (Å²) >= 11 is 5.93. The third-order valence-electron chi connectivity index (χ3n) is 4.95. The van der Waals surface area contributed by atoms with E-state index in [4.69, 9.17) is 4.74 Å². The van der Waals surface area contributed by atoms with Crippen molar-refractivity contribution in [3.8, 4) is 5.75 Å². The fraction of sp³-hybridized carbons (Fsp3) is 0.258. The maximum absolute atomic E-state index is 11.1. The predicted octanol–water partition coefficient (Wildman–Crippen LogP) is 7.37. The molecule has 3 aromatic heterocycles. The van der Waals surface area contributed by atoms with Crippen molar-refractivity contribution in [2.24, 2.45) is 21.1 Å². The molecule has 6 rings (SSSR count). The summed E-state index contributed by atoms with van der Waals surface area (Å²) < 4.78 is 11.4. The first-order chi connectivity index (χ1) is 20.0. The number of para-hydroxylation sites is 3. The summed E-state index contributed by atoms with van der Waals surface area (Å²) in [7, 11) is 11.8. The largest absolute Gasteiger partial charge is 0.497 e. The first-order valence-electron chi connectivity index (χ1n) is 12.9. The average Bonchev–Trinajstić information content (AvgIpc) is 3.77. The number of halogens is 1. The Hall–Kier alpha value is -3.82. The summed E-state index contributed by atoms with van der Waals surface area (Å²) in [5.74, 6) is 0.910. The standard InChI is InChI=1S/C8H7NOS.C7H7N3.C7H8O.C5H7N.C2H6.CH3B.CH3Cl/c1-9-6-4-2-3-5-7(6)11-8(9)10;1-10-7-5-3-2-4-6(7)8-9-10;1-8-7-5-3-2-4-6-7;1-6-4-2-3-5-6;3*1-2/h2-5H,1H3;2-5H,1H3;2-6H,1H3;2-5H,1H3;1-2H3;2*1H3. The number of aromatic nitrogens is 5. The van der Waals surface area contributed by atoms with E-state index in [-0.39, 0.29) is 4.87 Å². The van der Waals surface area contributed by atoms with Crippen LogP contribution in [0.5, 0.6) is 5.75 Å². The Morgan fingerprint density at radius 1 is 0.756 bits per heavy atom. The number of hydrogen-bond donors (Lipinski definition) is 0. The van der Waals surface area contributed by atoms with Crippen LogP contribution in [0.15, 0.2) is 108 Å². The van der Waals surface area contributed by atoms with Gasteiger partial charge in [-0.25, -0.2) is 4.68 Å². The number of methoxy groups -OCH3 is 1. The van der Waals surface area contributed by atoms with Gasteiger partial charge in [0.1, 0.15) is 11.3 Å². The molecule has 0 bridgehead atoms. The number of thiazole rings is 1. The Balaban J connectivity index is 0.000000498. The highest BCUT2D eigenvalue weighted by Crippen LogP contribution is 2.14. The smallest absolute Gasteiger partial charge is 0.307 e. The maximum atomic E-state index is 11.1. The van der Waals surface area contributed by atoms with E-state index in [1.165, 1.54) is 24.5 Å². The van der Waals surface area contributed by atoms with E-state index in [1.54, 1.807) is 23.4 Å². The number of fused-ring (bicyclic) bond motifs is 2. The number of benzene rings is 3. The number of alkyl halides is 1. The van der Waals surface area contributed by atoms with Crippen LogP contribution < -0.4 is 9.61 Å². The predicted molar refractivity (Wildman–Crippen MR) is 179 cm³/mol. The van der Waals surface area contributed by atoms with Crippen molar-refractivity contribution in [2.45, 2.75) is 20.7 Å². The zero-order valence-corrected chi connectivity index (χ0v) is 26.8. The molecule has 0 unspecified atom stereocenters. The number of nitrogens with zero attached hydrogens (tertiary/aromatic N) is 5. The van der Waals surface area contributed by atoms with Crippen LogP contribution in [0.4, 0.5) is 0 Å². The van der Waals surface area contributed by atoms with Crippen LogP contribution in [0.2, 0.25) is 6.82 Å². The average molecular weight is 594 g/mol. The van der Waals surface area contributed by atoms with Gasteiger partial charge < -0.3 is 13.9 Å². The molecule has 0 saturated heterocycles. The van der Waals surface area contributed by atoms with Crippen molar-refractivity contribution in [3.05, 3.63) is 113 Å². The molecule has 41 heavy (non-hydrogen) atoms. The molecule has 0 atom stereocenters. The van der Waals surface area contributed by atoms with Gasteiger partial charge >= 0.3 is 4.87 Å². The molecule has 0 spiro atoms. The number of hydrogen-bond acceptors (Lipinski definition) is 5. The molecule has 0 aliphatic heterocycles. The topological polar surface area (TPSA) is 66.9 Å². The molecule has 218 valence electrons. The molecule has 10 heteroatoms. The fourth-order valence-electron chi connectivity index (χ4n) is 3.04. The lowest BCUT2D eigenvalue weighted by molar-refractivity contribution is 0.415. The van der Waals surface area contributed by atoms with Crippen molar-refractivity contribution < 1.29 is 4.74 Å². The third-order valence-corrected chi connectivity index (χ3v) is 5.96. The van der Waals surface area contributed by atoms with Crippen LogP contribution in [0, 0.1) is 0 Å². The van der Waals surface area contributed by atoms with Gasteiger partial charge in [-0.05, 0) is 48.5 Å². The van der Waals surface area contributed by atoms with E-state index in [0.29, 0.717) is 0 Å². The third kappa shape index (κ3) is 13.4. The van der Waals surface area contributed by atoms with E-state index < -0.39 is 0 Å². The summed E-state index contributed by atoms with van der Waals surface area (Å²) in [4.78, 5) is 11.2. The summed E-state index contributed by atoms with van der Waals surface area (Å²) in [5.41, 5.74) is 3.04. The molecule has 3 heterocycles. The van der Waals surface area contributed by atoms with E-state index >= 15 is 0 Å². The van der Waals surface area contributed by atoms with Gasteiger partial charge in [-0.3, -0.25) is 4.79 Å². The number of rotatable bonds is 1. The lowest BCUT2D eigenvalue weighted by Gasteiger charge is -1.93. The second-order valence-corrected chi connectivity index (χ2v) is 8.46. The van der Waals surface area contributed by atoms with Crippen molar-refractivity contribution >= 4 is 52.0 Å². The van der Waals surface area contributed by atoms with Crippen LogP contribution in [0.1, 0.15) is 13.8 Å². The molecule has 0 saturated carbocycles. The zero-order chi connectivity index (χ0) is 31.0. The van der Waals surface area contributed by atoms with E-state index in [2.05, 4.69) is 29.8 Å². The van der Waals surface area contributed by atoms with Gasteiger partial charge in [-0.1, -0.05) is 79.7 Å². The molecular formula is C31H41BClN5O2S. The second-order valence-electron chi connectivity index (χ2n) is 7.46. The van der Waals surface area contributed by atoms with Crippen molar-refractivity contribution in [1.82, 2.24) is 24.1 Å². The molecule has 6 aromatic rings. The van der Waals surface area contributed by atoms with E-state index in [0.717, 1.165) is 27.0 Å². The Kier molecular flexibility index (Phi) is 20.8. The highest BCUT2D eigenvalue weighted by molar-refractivity contribution is 7.16. The van der Waals surface area contributed by atoms with Gasteiger partial charge in [0.2, 0.25) is 0 Å². The van der Waals surface area contributed by atoms with Crippen molar-refractivity contribution in [2.75, 3.05) is 13.5 Å². The quantitative estimate of drug-likeness (QED) is 0.147. The summed E-state index contributed by atoms with van der Waals surface area (Å²) in [6.07, 6.45) is 5.47. The Morgan fingerprint density at radius 3 is 1.73 bits per heavy atom. The molecule has 0 N–H and O–H groups in total. The van der Waals surface area contributed by atoms with Gasteiger partial charge in [0.05, 0.1) is 30.7 Å². The number of ether oxygens (including phenoxy) is 1. The van der Waals surface area contributed by atoms with Crippen LogP contribution >= 0.6 is 22.9 Å². The molecule has 0 amide bonds. The highest BCUT2D eigenvalue weighted by Gasteiger charge is 2.00. The van der Waals surface area contributed by atoms with E-state index in [1.807, 2.05) is 136 Å².